The van der Waals surface area contributed by atoms with Gasteiger partial charge in [-0.3, -0.25) is 14.9 Å². The highest BCUT2D eigenvalue weighted by molar-refractivity contribution is 5.76. The lowest BCUT2D eigenvalue weighted by Gasteiger charge is -2.07. The van der Waals surface area contributed by atoms with Crippen LogP contribution in [0, 0.1) is 15.9 Å². The second kappa shape index (κ2) is 8.05. The van der Waals surface area contributed by atoms with Crippen LogP contribution >= 0.6 is 0 Å². The van der Waals surface area contributed by atoms with Crippen molar-refractivity contribution < 1.29 is 18.8 Å². The summed E-state index contributed by atoms with van der Waals surface area (Å²) in [6, 6.07) is 3.18. The van der Waals surface area contributed by atoms with E-state index in [0.717, 1.165) is 12.1 Å². The molecular formula is C12H16FN3O4. The fourth-order valence-electron chi connectivity index (χ4n) is 1.48. The Morgan fingerprint density at radius 2 is 2.15 bits per heavy atom. The van der Waals surface area contributed by atoms with Crippen LogP contribution in [-0.2, 0) is 9.53 Å². The molecule has 0 aliphatic heterocycles. The Labute approximate surface area is 115 Å². The van der Waals surface area contributed by atoms with Crippen LogP contribution in [0.5, 0.6) is 0 Å². The van der Waals surface area contributed by atoms with Crippen LogP contribution in [-0.4, -0.2) is 37.6 Å². The first kappa shape index (κ1) is 15.8. The number of nitrogens with zero attached hydrogens (tertiary/aromatic N) is 1. The summed E-state index contributed by atoms with van der Waals surface area (Å²) >= 11 is 0. The number of carbonyl (C=O) groups is 1. The van der Waals surface area contributed by atoms with Gasteiger partial charge in [0.25, 0.3) is 5.69 Å². The zero-order valence-electron chi connectivity index (χ0n) is 11.0. The quantitative estimate of drug-likeness (QED) is 0.426. The van der Waals surface area contributed by atoms with Gasteiger partial charge in [0.05, 0.1) is 17.6 Å². The predicted molar refractivity (Wildman–Crippen MR) is 71.0 cm³/mol. The van der Waals surface area contributed by atoms with Gasteiger partial charge in [-0.1, -0.05) is 0 Å². The van der Waals surface area contributed by atoms with Gasteiger partial charge in [-0.25, -0.2) is 4.39 Å². The lowest BCUT2D eigenvalue weighted by Crippen LogP contribution is -2.28. The number of nitrogens with one attached hydrogen (secondary N) is 2. The van der Waals surface area contributed by atoms with Crippen molar-refractivity contribution in [3.63, 3.8) is 0 Å². The number of non-ortho nitro benzene ring substituents is 1. The molecule has 0 saturated heterocycles. The van der Waals surface area contributed by atoms with Gasteiger partial charge in [0.2, 0.25) is 5.91 Å². The Bertz CT molecular complexity index is 482. The Hall–Kier alpha value is -2.22. The molecule has 0 aromatic heterocycles. The third-order valence-electron chi connectivity index (χ3n) is 2.40. The largest absolute Gasteiger partial charge is 0.384 e. The maximum atomic E-state index is 13.1. The molecule has 0 saturated carbocycles. The van der Waals surface area contributed by atoms with E-state index in [0.29, 0.717) is 13.2 Å². The van der Waals surface area contributed by atoms with Crippen LogP contribution in [0.25, 0.3) is 0 Å². The van der Waals surface area contributed by atoms with E-state index in [1.165, 1.54) is 13.2 Å². The second-order valence-electron chi connectivity index (χ2n) is 3.97. The van der Waals surface area contributed by atoms with E-state index in [2.05, 4.69) is 10.6 Å². The fourth-order valence-corrected chi connectivity index (χ4v) is 1.48. The summed E-state index contributed by atoms with van der Waals surface area (Å²) in [6.45, 7) is 1.09. The highest BCUT2D eigenvalue weighted by Crippen LogP contribution is 2.19. The first-order chi connectivity index (χ1) is 9.52. The SMILES string of the molecule is COCCNC(=O)CCNc1cc(F)cc([N+](=O)[O-])c1. The van der Waals surface area contributed by atoms with E-state index in [4.69, 9.17) is 4.74 Å². The van der Waals surface area contributed by atoms with Gasteiger partial charge >= 0.3 is 0 Å². The summed E-state index contributed by atoms with van der Waals surface area (Å²) in [5.74, 6) is -0.883. The Morgan fingerprint density at radius 3 is 2.80 bits per heavy atom. The van der Waals surface area contributed by atoms with Crippen LogP contribution in [0.4, 0.5) is 15.8 Å². The first-order valence-electron chi connectivity index (χ1n) is 5.97. The van der Waals surface area contributed by atoms with Crippen LogP contribution in [0.2, 0.25) is 0 Å². The molecule has 1 rings (SSSR count). The Balaban J connectivity index is 2.42. The number of ether oxygens (including phenoxy) is 1. The highest BCUT2D eigenvalue weighted by Gasteiger charge is 2.09. The third-order valence-corrected chi connectivity index (χ3v) is 2.40. The van der Waals surface area contributed by atoms with Gasteiger partial charge in [0.15, 0.2) is 0 Å². The molecule has 0 bridgehead atoms. The summed E-state index contributed by atoms with van der Waals surface area (Å²) < 4.78 is 17.9. The average molecular weight is 285 g/mol. The van der Waals surface area contributed by atoms with Gasteiger partial charge in [0, 0.05) is 38.4 Å². The predicted octanol–water partition coefficient (Wildman–Crippen LogP) is 1.30. The molecule has 0 heterocycles. The molecule has 0 aliphatic carbocycles. The van der Waals surface area contributed by atoms with E-state index in [9.17, 15) is 19.3 Å². The number of hydrogen-bond acceptors (Lipinski definition) is 5. The third kappa shape index (κ3) is 5.61. The number of amides is 1. The zero-order chi connectivity index (χ0) is 15.0. The molecule has 110 valence electrons. The summed E-state index contributed by atoms with van der Waals surface area (Å²) in [4.78, 5) is 21.3. The molecule has 0 unspecified atom stereocenters. The number of anilines is 1. The van der Waals surface area contributed by atoms with Crippen molar-refractivity contribution in [3.8, 4) is 0 Å². The number of nitro benzene ring substituents is 1. The van der Waals surface area contributed by atoms with E-state index in [-0.39, 0.29) is 30.2 Å². The standard InChI is InChI=1S/C12H16FN3O4/c1-20-5-4-15-12(17)2-3-14-10-6-9(13)7-11(8-10)16(18)19/h6-8,14H,2-5H2,1H3,(H,15,17). The minimum atomic E-state index is -0.703. The summed E-state index contributed by atoms with van der Waals surface area (Å²) in [5, 5.41) is 16.0. The topological polar surface area (TPSA) is 93.5 Å². The van der Waals surface area contributed by atoms with Crippen molar-refractivity contribution >= 4 is 17.3 Å². The molecule has 2 N–H and O–H groups in total. The smallest absolute Gasteiger partial charge is 0.274 e. The van der Waals surface area contributed by atoms with Gasteiger partial charge < -0.3 is 15.4 Å². The van der Waals surface area contributed by atoms with E-state index >= 15 is 0 Å². The van der Waals surface area contributed by atoms with E-state index < -0.39 is 10.7 Å². The molecule has 8 heteroatoms. The molecule has 7 nitrogen and oxygen atoms in total. The Kier molecular flexibility index (Phi) is 6.38. The molecule has 1 aromatic rings. The summed E-state index contributed by atoms with van der Waals surface area (Å²) in [7, 11) is 1.53. The monoisotopic (exact) mass is 285 g/mol. The molecule has 1 aromatic carbocycles. The lowest BCUT2D eigenvalue weighted by molar-refractivity contribution is -0.385. The number of carbonyl (C=O) groups excluding carboxylic acids is 1. The minimum Gasteiger partial charge on any atom is -0.384 e. The van der Waals surface area contributed by atoms with Crippen molar-refractivity contribution in [3.05, 3.63) is 34.1 Å². The first-order valence-corrected chi connectivity index (χ1v) is 5.97. The normalized spacial score (nSPS) is 10.1. The van der Waals surface area contributed by atoms with Crippen molar-refractivity contribution in [2.45, 2.75) is 6.42 Å². The molecule has 0 spiro atoms. The van der Waals surface area contributed by atoms with Crippen LogP contribution in [0.15, 0.2) is 18.2 Å². The number of nitro groups is 1. The number of benzene rings is 1. The van der Waals surface area contributed by atoms with E-state index in [1.54, 1.807) is 0 Å². The van der Waals surface area contributed by atoms with Crippen molar-refractivity contribution in [2.24, 2.45) is 0 Å². The minimum absolute atomic E-state index is 0.175. The summed E-state index contributed by atoms with van der Waals surface area (Å²) in [6.07, 6.45) is 0.175. The molecule has 20 heavy (non-hydrogen) atoms. The number of hydrogen-bond donors (Lipinski definition) is 2. The van der Waals surface area contributed by atoms with Crippen LogP contribution in [0.1, 0.15) is 6.42 Å². The van der Waals surface area contributed by atoms with Crippen molar-refractivity contribution in [1.82, 2.24) is 5.32 Å². The number of methoxy groups -OCH3 is 1. The van der Waals surface area contributed by atoms with Crippen molar-refractivity contribution in [1.29, 1.82) is 0 Å². The molecule has 0 radical (unpaired) electrons. The summed E-state index contributed by atoms with van der Waals surface area (Å²) in [5.41, 5.74) is -0.0709. The fraction of sp³-hybridized carbons (Fsp3) is 0.417. The maximum absolute atomic E-state index is 13.1. The second-order valence-corrected chi connectivity index (χ2v) is 3.97. The van der Waals surface area contributed by atoms with Crippen LogP contribution < -0.4 is 10.6 Å². The van der Waals surface area contributed by atoms with Gasteiger partial charge in [0.1, 0.15) is 5.82 Å². The van der Waals surface area contributed by atoms with Gasteiger partial charge in [-0.15, -0.1) is 0 Å². The molecule has 0 aliphatic rings. The number of halogens is 1. The lowest BCUT2D eigenvalue weighted by atomic mass is 10.2. The number of rotatable bonds is 8. The molecular weight excluding hydrogens is 269 g/mol. The molecule has 1 amide bonds. The van der Waals surface area contributed by atoms with Crippen molar-refractivity contribution in [2.75, 3.05) is 32.1 Å². The van der Waals surface area contributed by atoms with E-state index in [1.807, 2.05) is 0 Å². The maximum Gasteiger partial charge on any atom is 0.274 e. The Morgan fingerprint density at radius 1 is 1.40 bits per heavy atom. The molecule has 0 fully saturated rings. The van der Waals surface area contributed by atoms with Crippen LogP contribution in [0.3, 0.4) is 0 Å². The average Bonchev–Trinajstić information content (AvgIpc) is 2.38. The molecule has 0 atom stereocenters. The highest BCUT2D eigenvalue weighted by atomic mass is 19.1. The van der Waals surface area contributed by atoms with Gasteiger partial charge in [-0.2, -0.15) is 0 Å². The zero-order valence-corrected chi connectivity index (χ0v) is 11.0. The van der Waals surface area contributed by atoms with Gasteiger partial charge in [-0.05, 0) is 6.07 Å².